The van der Waals surface area contributed by atoms with Crippen molar-refractivity contribution < 1.29 is 24.1 Å². The molecule has 0 fully saturated rings. The van der Waals surface area contributed by atoms with Gasteiger partial charge in [0.05, 0.1) is 33.9 Å². The lowest BCUT2D eigenvalue weighted by atomic mass is 10.0. The van der Waals surface area contributed by atoms with Gasteiger partial charge in [-0.15, -0.1) is 11.3 Å². The van der Waals surface area contributed by atoms with E-state index >= 15 is 0 Å². The van der Waals surface area contributed by atoms with E-state index < -0.39 is 17.6 Å². The lowest BCUT2D eigenvalue weighted by Gasteiger charge is -2.31. The molecule has 0 saturated carbocycles. The molecule has 3 heterocycles. The summed E-state index contributed by atoms with van der Waals surface area (Å²) < 4.78 is 18.7. The van der Waals surface area contributed by atoms with Crippen molar-refractivity contribution in [1.29, 1.82) is 5.26 Å². The summed E-state index contributed by atoms with van der Waals surface area (Å²) in [6.07, 6.45) is 1.88. The number of aromatic carboxylic acids is 1. The highest BCUT2D eigenvalue weighted by Gasteiger charge is 2.32. The minimum absolute atomic E-state index is 0.279. The highest BCUT2D eigenvalue weighted by Crippen LogP contribution is 2.44. The molecule has 1 atom stereocenters. The molecule has 3 aromatic rings. The van der Waals surface area contributed by atoms with Crippen molar-refractivity contribution in [2.75, 3.05) is 20.3 Å². The van der Waals surface area contributed by atoms with Crippen molar-refractivity contribution in [3.05, 3.63) is 61.8 Å². The topological polar surface area (TPSA) is 124 Å². The fourth-order valence-corrected chi connectivity index (χ4v) is 4.58. The third-order valence-corrected chi connectivity index (χ3v) is 6.16. The Morgan fingerprint density at radius 1 is 1.36 bits per heavy atom. The van der Waals surface area contributed by atoms with Gasteiger partial charge in [-0.2, -0.15) is 5.26 Å². The first-order chi connectivity index (χ1) is 16.0. The van der Waals surface area contributed by atoms with E-state index in [-0.39, 0.29) is 11.1 Å². The van der Waals surface area contributed by atoms with Crippen LogP contribution in [-0.2, 0) is 11.2 Å². The Morgan fingerprint density at radius 2 is 2.18 bits per heavy atom. The number of hydrogen-bond acceptors (Lipinski definition) is 8. The summed E-state index contributed by atoms with van der Waals surface area (Å²) in [6, 6.07) is 6.62. The van der Waals surface area contributed by atoms with Crippen LogP contribution in [0.5, 0.6) is 11.5 Å². The number of carboxylic acids is 1. The minimum atomic E-state index is -1.32. The molecule has 0 saturated heterocycles. The molecule has 2 aromatic heterocycles. The van der Waals surface area contributed by atoms with Crippen LogP contribution in [0.3, 0.4) is 0 Å². The van der Waals surface area contributed by atoms with Gasteiger partial charge in [0.25, 0.3) is 0 Å². The van der Waals surface area contributed by atoms with Crippen LogP contribution < -0.4 is 14.9 Å². The molecule has 4 rings (SSSR count). The summed E-state index contributed by atoms with van der Waals surface area (Å²) in [5, 5.41) is 19.2. The quantitative estimate of drug-likeness (QED) is 0.500. The number of carboxylic acid groups (broad SMARTS) is 1. The van der Waals surface area contributed by atoms with Crippen LogP contribution in [0.25, 0.3) is 11.3 Å². The Morgan fingerprint density at radius 3 is 2.88 bits per heavy atom. The summed E-state index contributed by atoms with van der Waals surface area (Å²) in [7, 11) is 1.60. The van der Waals surface area contributed by atoms with Gasteiger partial charge in [-0.3, -0.25) is 4.79 Å². The van der Waals surface area contributed by atoms with E-state index in [9.17, 15) is 20.0 Å². The van der Waals surface area contributed by atoms with Crippen LogP contribution in [0, 0.1) is 11.3 Å². The van der Waals surface area contributed by atoms with E-state index in [1.807, 2.05) is 6.92 Å². The van der Waals surface area contributed by atoms with E-state index in [4.69, 9.17) is 14.2 Å². The van der Waals surface area contributed by atoms with E-state index in [1.54, 1.807) is 29.3 Å². The third kappa shape index (κ3) is 4.20. The highest BCUT2D eigenvalue weighted by atomic mass is 32.1. The van der Waals surface area contributed by atoms with Gasteiger partial charge in [-0.05, 0) is 12.5 Å². The summed E-state index contributed by atoms with van der Waals surface area (Å²) >= 11 is 1.39. The fourth-order valence-electron chi connectivity index (χ4n) is 3.67. The molecule has 1 unspecified atom stereocenters. The molecule has 10 heteroatoms. The zero-order valence-electron chi connectivity index (χ0n) is 18.0. The number of hydrogen-bond donors (Lipinski definition) is 1. The standard InChI is InChI=1S/C23H21N3O6S/c1-3-16-21(33-12-25-16)22-26-11-15(23(28)29)18(27)8-17(26)14-7-13(10-24)19(9-20(14)32-22)31-6-4-5-30-2/h7-9,11-12,22H,3-6H2,1-2H3,(H,28,29). The fraction of sp³-hybridized carbons (Fsp3) is 0.304. The van der Waals surface area contributed by atoms with Gasteiger partial charge in [0, 0.05) is 44.0 Å². The van der Waals surface area contributed by atoms with Crippen molar-refractivity contribution in [2.24, 2.45) is 0 Å². The first kappa shape index (κ1) is 22.5. The number of aromatic nitrogens is 2. The number of rotatable bonds is 8. The lowest BCUT2D eigenvalue weighted by Crippen LogP contribution is -2.28. The maximum absolute atomic E-state index is 12.5. The second-order valence-corrected chi connectivity index (χ2v) is 8.17. The SMILES string of the molecule is CCc1ncsc1C1Oc2cc(OCCCOC)c(C#N)cc2-c2cc(=O)c(C(=O)O)cn21. The van der Waals surface area contributed by atoms with Crippen molar-refractivity contribution in [3.63, 3.8) is 0 Å². The normalized spacial score (nSPS) is 14.0. The summed E-state index contributed by atoms with van der Waals surface area (Å²) in [4.78, 5) is 29.4. The minimum Gasteiger partial charge on any atom is -0.492 e. The number of nitriles is 1. The monoisotopic (exact) mass is 467 g/mol. The molecule has 33 heavy (non-hydrogen) atoms. The highest BCUT2D eigenvalue weighted by molar-refractivity contribution is 7.09. The van der Waals surface area contributed by atoms with Crippen molar-refractivity contribution >= 4 is 17.3 Å². The predicted molar refractivity (Wildman–Crippen MR) is 120 cm³/mol. The zero-order valence-corrected chi connectivity index (χ0v) is 18.8. The largest absolute Gasteiger partial charge is 0.492 e. The summed E-state index contributed by atoms with van der Waals surface area (Å²) in [5.41, 5.74) is 2.77. The number of fused-ring (bicyclic) bond motifs is 3. The van der Waals surface area contributed by atoms with Gasteiger partial charge in [0.15, 0.2) is 5.43 Å². The van der Waals surface area contributed by atoms with Crippen LogP contribution in [0.2, 0.25) is 0 Å². The molecule has 9 nitrogen and oxygen atoms in total. The second kappa shape index (κ2) is 9.44. The van der Waals surface area contributed by atoms with Gasteiger partial charge < -0.3 is 23.9 Å². The van der Waals surface area contributed by atoms with Gasteiger partial charge in [-0.1, -0.05) is 6.92 Å². The number of aryl methyl sites for hydroxylation is 1. The zero-order chi connectivity index (χ0) is 23.5. The third-order valence-electron chi connectivity index (χ3n) is 5.26. The lowest BCUT2D eigenvalue weighted by molar-refractivity contribution is 0.0693. The average molecular weight is 468 g/mol. The molecule has 0 amide bonds. The summed E-state index contributed by atoms with van der Waals surface area (Å²) in [6.45, 7) is 2.85. The van der Waals surface area contributed by atoms with E-state index in [0.717, 1.165) is 10.6 Å². The number of methoxy groups -OCH3 is 1. The first-order valence-corrected chi connectivity index (χ1v) is 11.1. The van der Waals surface area contributed by atoms with Crippen LogP contribution >= 0.6 is 11.3 Å². The van der Waals surface area contributed by atoms with Gasteiger partial charge in [0.2, 0.25) is 6.23 Å². The Bertz CT molecular complexity index is 1310. The molecular formula is C23H21N3O6S. The van der Waals surface area contributed by atoms with Crippen LogP contribution in [0.1, 0.15) is 46.1 Å². The molecule has 1 aromatic carbocycles. The van der Waals surface area contributed by atoms with Crippen LogP contribution in [0.4, 0.5) is 0 Å². The number of ether oxygens (including phenoxy) is 3. The Kier molecular flexibility index (Phi) is 6.44. The van der Waals surface area contributed by atoms with E-state index in [2.05, 4.69) is 11.1 Å². The molecule has 1 N–H and O–H groups in total. The number of pyridine rings is 1. The average Bonchev–Trinajstić information content (AvgIpc) is 3.29. The van der Waals surface area contributed by atoms with Crippen LogP contribution in [0.15, 0.2) is 34.7 Å². The van der Waals surface area contributed by atoms with Gasteiger partial charge in [-0.25, -0.2) is 9.78 Å². The molecule has 1 aliphatic heterocycles. The van der Waals surface area contributed by atoms with Crippen molar-refractivity contribution in [3.8, 4) is 28.8 Å². The van der Waals surface area contributed by atoms with Crippen LogP contribution in [-0.4, -0.2) is 41.0 Å². The molecule has 0 bridgehead atoms. The smallest absolute Gasteiger partial charge is 0.341 e. The second-order valence-electron chi connectivity index (χ2n) is 7.29. The number of carbonyl (C=O) groups is 1. The number of benzene rings is 1. The Labute approximate surface area is 193 Å². The molecule has 0 radical (unpaired) electrons. The maximum atomic E-state index is 12.5. The molecule has 0 aliphatic carbocycles. The molecule has 170 valence electrons. The number of thiazole rings is 1. The van der Waals surface area contributed by atoms with E-state index in [1.165, 1.54) is 23.6 Å². The molecule has 0 spiro atoms. The summed E-state index contributed by atoms with van der Waals surface area (Å²) in [5.74, 6) is -0.528. The first-order valence-electron chi connectivity index (χ1n) is 10.3. The van der Waals surface area contributed by atoms with Gasteiger partial charge in [0.1, 0.15) is 23.1 Å². The van der Waals surface area contributed by atoms with Crippen molar-refractivity contribution in [1.82, 2.24) is 9.55 Å². The van der Waals surface area contributed by atoms with Crippen molar-refractivity contribution in [2.45, 2.75) is 26.0 Å². The molecule has 1 aliphatic rings. The van der Waals surface area contributed by atoms with Gasteiger partial charge >= 0.3 is 5.97 Å². The maximum Gasteiger partial charge on any atom is 0.341 e. The molecular weight excluding hydrogens is 446 g/mol. The number of nitrogens with zero attached hydrogens (tertiary/aromatic N) is 3. The Balaban J connectivity index is 1.88. The Hall–Kier alpha value is -3.68. The van der Waals surface area contributed by atoms with E-state index in [0.29, 0.717) is 48.8 Å². The predicted octanol–water partition coefficient (Wildman–Crippen LogP) is 3.46.